The van der Waals surface area contributed by atoms with Crippen molar-refractivity contribution >= 4 is 46.1 Å². The second kappa shape index (κ2) is 20.0. The van der Waals surface area contributed by atoms with Gasteiger partial charge in [-0.3, -0.25) is 14.6 Å². The number of methoxy groups -OCH3 is 3. The number of amides is 1. The number of nitrogens with one attached hydrogen (secondary N) is 3. The number of nitrogens with zero attached hydrogens (tertiary/aromatic N) is 3. The first-order valence-corrected chi connectivity index (χ1v) is 20.0. The Morgan fingerprint density at radius 2 is 1.88 bits per heavy atom. The third kappa shape index (κ3) is 9.15. The first kappa shape index (κ1) is 42.5. The van der Waals surface area contributed by atoms with Crippen molar-refractivity contribution in [3.63, 3.8) is 0 Å². The van der Waals surface area contributed by atoms with Gasteiger partial charge in [0.15, 0.2) is 0 Å². The molecule has 56 heavy (non-hydrogen) atoms. The number of imidazole rings is 1. The normalized spacial score (nSPS) is 21.7. The minimum absolute atomic E-state index is 0.0492. The molecule has 3 aliphatic rings. The summed E-state index contributed by atoms with van der Waals surface area (Å²) in [6.45, 7) is 10.1. The number of ether oxygens (including phenoxy) is 3. The third-order valence-corrected chi connectivity index (χ3v) is 11.3. The highest BCUT2D eigenvalue weighted by Crippen LogP contribution is 2.40. The summed E-state index contributed by atoms with van der Waals surface area (Å²) >= 11 is 0. The summed E-state index contributed by atoms with van der Waals surface area (Å²) in [4.78, 5) is 38.0. The number of fused-ring (bicyclic) bond motifs is 4. The zero-order valence-corrected chi connectivity index (χ0v) is 34.4. The highest BCUT2D eigenvalue weighted by atomic mass is 16.5. The van der Waals surface area contributed by atoms with Gasteiger partial charge in [-0.1, -0.05) is 44.2 Å². The molecule has 3 aromatic carbocycles. The zero-order chi connectivity index (χ0) is 40.4. The van der Waals surface area contributed by atoms with Crippen LogP contribution in [0, 0.1) is 5.92 Å². The van der Waals surface area contributed by atoms with Gasteiger partial charge in [-0.15, -0.1) is 0 Å². The van der Waals surface area contributed by atoms with Crippen molar-refractivity contribution in [1.82, 2.24) is 25.5 Å². The van der Waals surface area contributed by atoms with Gasteiger partial charge >= 0.3 is 0 Å². The van der Waals surface area contributed by atoms with Gasteiger partial charge in [0.05, 0.1) is 48.8 Å². The number of aromatic nitrogens is 2. The van der Waals surface area contributed by atoms with E-state index in [1.807, 2.05) is 38.9 Å². The summed E-state index contributed by atoms with van der Waals surface area (Å²) < 4.78 is 14.7. The number of nitrogens with two attached hydrogens (primary N) is 1. The van der Waals surface area contributed by atoms with E-state index in [9.17, 15) is 4.79 Å². The number of H-pyrrole nitrogens is 1. The summed E-state index contributed by atoms with van der Waals surface area (Å²) in [5.41, 5.74) is 15.5. The summed E-state index contributed by atoms with van der Waals surface area (Å²) in [5.74, 6) is 1.41. The van der Waals surface area contributed by atoms with Crippen molar-refractivity contribution in [3.8, 4) is 11.1 Å². The van der Waals surface area contributed by atoms with E-state index >= 15 is 0 Å². The molecule has 4 unspecified atom stereocenters. The molecular weight excluding hydrogens is 707 g/mol. The Morgan fingerprint density at radius 3 is 2.59 bits per heavy atom. The van der Waals surface area contributed by atoms with Crippen LogP contribution in [0.3, 0.4) is 0 Å². The molecule has 6 atom stereocenters. The number of aliphatic imine (C=N–C) groups is 1. The monoisotopic (exact) mass is 767 g/mol. The Balaban J connectivity index is 0.000000941. The molecule has 5 N–H and O–H groups in total. The van der Waals surface area contributed by atoms with E-state index in [1.54, 1.807) is 20.4 Å². The third-order valence-electron chi connectivity index (χ3n) is 11.3. The Kier molecular flexibility index (Phi) is 15.2. The first-order chi connectivity index (χ1) is 27.2. The van der Waals surface area contributed by atoms with Gasteiger partial charge in [0, 0.05) is 50.0 Å². The smallest absolute Gasteiger partial charge is 0.292 e. The average molecular weight is 768 g/mol. The van der Waals surface area contributed by atoms with Crippen LogP contribution in [-0.4, -0.2) is 99.2 Å². The number of aromatic amines is 1. The van der Waals surface area contributed by atoms with Crippen molar-refractivity contribution in [2.24, 2.45) is 16.6 Å². The molecule has 0 saturated carbocycles. The van der Waals surface area contributed by atoms with Crippen molar-refractivity contribution < 1.29 is 23.8 Å². The Hall–Kier alpha value is -4.62. The van der Waals surface area contributed by atoms with Crippen LogP contribution in [-0.2, 0) is 36.6 Å². The van der Waals surface area contributed by atoms with Gasteiger partial charge < -0.3 is 40.5 Å². The van der Waals surface area contributed by atoms with Gasteiger partial charge in [0.25, 0.3) is 6.47 Å². The number of hydrogen-bond donors (Lipinski definition) is 4. The minimum atomic E-state index is -0.419. The lowest BCUT2D eigenvalue weighted by Gasteiger charge is -2.33. The molecule has 2 saturated heterocycles. The van der Waals surface area contributed by atoms with Gasteiger partial charge in [-0.05, 0) is 105 Å². The maximum absolute atomic E-state index is 13.8. The van der Waals surface area contributed by atoms with Gasteiger partial charge in [0.1, 0.15) is 11.9 Å². The van der Waals surface area contributed by atoms with E-state index in [0.717, 1.165) is 84.9 Å². The summed E-state index contributed by atoms with van der Waals surface area (Å²) in [7, 11) is 6.52. The van der Waals surface area contributed by atoms with E-state index in [0.29, 0.717) is 18.1 Å². The molecule has 302 valence electrons. The van der Waals surface area contributed by atoms with Crippen molar-refractivity contribution in [2.75, 3.05) is 41.5 Å². The Bertz CT molecular complexity index is 2010. The van der Waals surface area contributed by atoms with Crippen LogP contribution in [0.5, 0.6) is 0 Å². The quantitative estimate of drug-likeness (QED) is 0.0958. The number of hydrogen-bond acceptors (Lipinski definition) is 10. The van der Waals surface area contributed by atoms with Crippen LogP contribution < -0.4 is 16.4 Å². The van der Waals surface area contributed by atoms with E-state index in [-0.39, 0.29) is 30.1 Å². The summed E-state index contributed by atoms with van der Waals surface area (Å²) in [6.07, 6.45) is 9.53. The molecule has 3 heterocycles. The van der Waals surface area contributed by atoms with E-state index < -0.39 is 6.04 Å². The Morgan fingerprint density at radius 1 is 1.11 bits per heavy atom. The molecule has 1 aliphatic carbocycles. The standard InChI is InChI=1S/C40H51N7O3.C2H4O2.C2H6/c1-23-9-16-36(47(23)40(48)37(42-3)24(2)50-5)39-45-35-15-11-27-18-26(10-12-30(27)38(35)46-39)29-13-14-33(32-8-6-7-31(29)32)34(41)21-43-20-28-17-25(19-44-28)22-49-4;1-4-2-3;1-2/h10-15,18,20-21,23-25,28,36-37,42,44H,6-9,16-17,19,22,41H2,1-5H3,(H,45,46);2H,1H3;1-2H3/b34-21-,43-20?;;/t23?,24-,25?,28?,36?,37+;;/m1../s1. The van der Waals surface area contributed by atoms with Crippen molar-refractivity contribution in [2.45, 2.75) is 96.5 Å². The van der Waals surface area contributed by atoms with Crippen LogP contribution in [0.25, 0.3) is 38.6 Å². The largest absolute Gasteiger partial charge is 0.471 e. The fourth-order valence-electron chi connectivity index (χ4n) is 8.49. The van der Waals surface area contributed by atoms with Crippen LogP contribution in [0.4, 0.5) is 0 Å². The minimum Gasteiger partial charge on any atom is -0.471 e. The molecule has 1 aromatic heterocycles. The topological polar surface area (TPSA) is 156 Å². The fraction of sp³-hybridized carbons (Fsp3) is 0.500. The second-order valence-electron chi connectivity index (χ2n) is 14.7. The predicted octanol–water partition coefficient (Wildman–Crippen LogP) is 6.31. The maximum atomic E-state index is 13.8. The number of likely N-dealkylation sites (N-methyl/N-ethyl adjacent to an activating group) is 1. The number of carbonyl (C=O) groups excluding carboxylic acids is 2. The zero-order valence-electron chi connectivity index (χ0n) is 34.4. The van der Waals surface area contributed by atoms with Gasteiger partial charge in [0.2, 0.25) is 5.91 Å². The molecule has 0 spiro atoms. The van der Waals surface area contributed by atoms with E-state index in [4.69, 9.17) is 25.0 Å². The predicted molar refractivity (Wildman–Crippen MR) is 226 cm³/mol. The first-order valence-electron chi connectivity index (χ1n) is 20.0. The molecule has 0 bridgehead atoms. The Labute approximate surface area is 331 Å². The van der Waals surface area contributed by atoms with E-state index in [2.05, 4.69) is 74.7 Å². The lowest BCUT2D eigenvalue weighted by atomic mass is 9.91. The number of carbonyl (C=O) groups is 2. The van der Waals surface area contributed by atoms with E-state index in [1.165, 1.54) is 29.4 Å². The average Bonchev–Trinajstić information content (AvgIpc) is 4.05. The molecule has 7 rings (SSSR count). The SMILES string of the molecule is CC.CN[C@H](C(=O)N1C(C)CCC1c1nc2c(ccc3cc(-c4ccc(/C(N)=C/N=CC5CC(COC)CN5)c5c4CCC5)ccc32)[nH]1)[C@@H](C)OC.COC=O. The van der Waals surface area contributed by atoms with Crippen LogP contribution in [0.2, 0.25) is 0 Å². The summed E-state index contributed by atoms with van der Waals surface area (Å²) in [6, 6.07) is 15.2. The van der Waals surface area contributed by atoms with Gasteiger partial charge in [-0.2, -0.15) is 0 Å². The van der Waals surface area contributed by atoms with Crippen LogP contribution in [0.1, 0.15) is 81.9 Å². The molecule has 12 heteroatoms. The molecular formula is C44H61N7O5. The second-order valence-corrected chi connectivity index (χ2v) is 14.7. The lowest BCUT2D eigenvalue weighted by Crippen LogP contribution is -2.52. The van der Waals surface area contributed by atoms with Crippen LogP contribution in [0.15, 0.2) is 53.7 Å². The molecule has 4 aromatic rings. The molecule has 2 fully saturated rings. The summed E-state index contributed by atoms with van der Waals surface area (Å²) in [5, 5.41) is 8.91. The van der Waals surface area contributed by atoms with Crippen LogP contribution >= 0.6 is 0 Å². The molecule has 1 amide bonds. The number of likely N-dealkylation sites (tertiary alicyclic amines) is 1. The van der Waals surface area contributed by atoms with Crippen molar-refractivity contribution in [1.29, 1.82) is 0 Å². The molecule has 2 aliphatic heterocycles. The fourth-order valence-corrected chi connectivity index (χ4v) is 8.49. The molecule has 12 nitrogen and oxygen atoms in total. The number of rotatable bonds is 12. The van der Waals surface area contributed by atoms with Crippen molar-refractivity contribution in [3.05, 3.63) is 71.2 Å². The lowest BCUT2D eigenvalue weighted by molar-refractivity contribution is -0.139. The highest BCUT2D eigenvalue weighted by molar-refractivity contribution is 6.05. The maximum Gasteiger partial charge on any atom is 0.292 e. The van der Waals surface area contributed by atoms with Gasteiger partial charge in [-0.25, -0.2) is 4.98 Å². The molecule has 0 radical (unpaired) electrons. The number of benzene rings is 3. The highest BCUT2D eigenvalue weighted by Gasteiger charge is 2.41.